The lowest BCUT2D eigenvalue weighted by Crippen LogP contribution is -2.60. The highest BCUT2D eigenvalue weighted by molar-refractivity contribution is 5.76. The van der Waals surface area contributed by atoms with Gasteiger partial charge in [-0.15, -0.1) is 0 Å². The Morgan fingerprint density at radius 3 is 1.09 bits per heavy atom. The minimum Gasteiger partial charge on any atom is -0.394 e. The van der Waals surface area contributed by atoms with Gasteiger partial charge in [0, 0.05) is 6.42 Å². The molecule has 506 valence electrons. The van der Waals surface area contributed by atoms with Crippen LogP contribution in [0, 0.1) is 0 Å². The van der Waals surface area contributed by atoms with Crippen LogP contribution in [0.15, 0.2) is 122 Å². The van der Waals surface area contributed by atoms with Crippen LogP contribution in [0.4, 0.5) is 0 Å². The third kappa shape index (κ3) is 54.3. The first-order valence-corrected chi connectivity index (χ1v) is 36.8. The Hall–Kier alpha value is -3.41. The molecule has 9 heteroatoms. The minimum absolute atomic E-state index is 0.188. The second-order valence-electron chi connectivity index (χ2n) is 25.0. The van der Waals surface area contributed by atoms with Gasteiger partial charge in [-0.2, -0.15) is 0 Å². The second-order valence-corrected chi connectivity index (χ2v) is 25.0. The number of hydrogen-bond acceptors (Lipinski definition) is 8. The summed E-state index contributed by atoms with van der Waals surface area (Å²) >= 11 is 0. The van der Waals surface area contributed by atoms with Crippen molar-refractivity contribution in [2.45, 2.75) is 358 Å². The normalized spacial score (nSPS) is 18.6. The van der Waals surface area contributed by atoms with E-state index >= 15 is 0 Å². The summed E-state index contributed by atoms with van der Waals surface area (Å²) in [6, 6.07) is -0.831. The predicted molar refractivity (Wildman–Crippen MR) is 377 cm³/mol. The van der Waals surface area contributed by atoms with Gasteiger partial charge in [0.05, 0.1) is 25.4 Å². The number of unbranched alkanes of at least 4 members (excludes halogenated alkanes) is 35. The fraction of sp³-hybridized carbons (Fsp3) is 0.734. The lowest BCUT2D eigenvalue weighted by atomic mass is 9.99. The third-order valence-electron chi connectivity index (χ3n) is 16.8. The van der Waals surface area contributed by atoms with Gasteiger partial charge < -0.3 is 40.3 Å². The Morgan fingerprint density at radius 1 is 0.398 bits per heavy atom. The van der Waals surface area contributed by atoms with E-state index in [4.69, 9.17) is 9.47 Å². The molecule has 0 aromatic heterocycles. The molecule has 7 unspecified atom stereocenters. The third-order valence-corrected chi connectivity index (χ3v) is 16.8. The second kappa shape index (κ2) is 66.5. The van der Waals surface area contributed by atoms with Crippen molar-refractivity contribution >= 4 is 5.91 Å². The molecule has 1 amide bonds. The van der Waals surface area contributed by atoms with Crippen molar-refractivity contribution in [2.24, 2.45) is 0 Å². The summed E-state index contributed by atoms with van der Waals surface area (Å²) in [6.07, 6.45) is 93.1. The van der Waals surface area contributed by atoms with Gasteiger partial charge in [0.1, 0.15) is 24.4 Å². The summed E-state index contributed by atoms with van der Waals surface area (Å²) in [5, 5.41) is 54.8. The van der Waals surface area contributed by atoms with Crippen LogP contribution in [-0.4, -0.2) is 87.5 Å². The fourth-order valence-electron chi connectivity index (χ4n) is 11.1. The topological polar surface area (TPSA) is 149 Å². The van der Waals surface area contributed by atoms with Crippen LogP contribution in [0.1, 0.15) is 316 Å². The fourth-order valence-corrected chi connectivity index (χ4v) is 11.1. The molecular weight excluding hydrogens is 1090 g/mol. The van der Waals surface area contributed by atoms with Crippen LogP contribution >= 0.6 is 0 Å². The molecule has 9 nitrogen and oxygen atoms in total. The molecule has 1 aliphatic heterocycles. The van der Waals surface area contributed by atoms with Crippen LogP contribution in [0.2, 0.25) is 0 Å². The van der Waals surface area contributed by atoms with Gasteiger partial charge in [-0.25, -0.2) is 0 Å². The van der Waals surface area contributed by atoms with Crippen LogP contribution < -0.4 is 5.32 Å². The molecule has 0 spiro atoms. The molecule has 1 heterocycles. The summed E-state index contributed by atoms with van der Waals surface area (Å²) in [5.74, 6) is -0.188. The van der Waals surface area contributed by atoms with Gasteiger partial charge >= 0.3 is 0 Å². The van der Waals surface area contributed by atoms with Gasteiger partial charge in [0.25, 0.3) is 0 Å². The zero-order chi connectivity index (χ0) is 63.5. The predicted octanol–water partition coefficient (Wildman–Crippen LogP) is 20.6. The molecule has 0 aromatic rings. The quantitative estimate of drug-likeness (QED) is 0.0261. The molecule has 0 saturated carbocycles. The number of rotatable bonds is 63. The molecule has 0 aliphatic carbocycles. The van der Waals surface area contributed by atoms with Crippen molar-refractivity contribution in [2.75, 3.05) is 13.2 Å². The number of hydrogen-bond donors (Lipinski definition) is 6. The van der Waals surface area contributed by atoms with E-state index in [9.17, 15) is 30.3 Å². The summed E-state index contributed by atoms with van der Waals surface area (Å²) in [4.78, 5) is 13.1. The summed E-state index contributed by atoms with van der Waals surface area (Å²) in [5.41, 5.74) is 0. The zero-order valence-electron chi connectivity index (χ0n) is 56.7. The number of aliphatic hydroxyl groups is 5. The van der Waals surface area contributed by atoms with Crippen molar-refractivity contribution in [3.63, 3.8) is 0 Å². The molecule has 6 N–H and O–H groups in total. The van der Waals surface area contributed by atoms with Gasteiger partial charge in [0.2, 0.25) is 5.91 Å². The summed E-state index contributed by atoms with van der Waals surface area (Å²) in [7, 11) is 0. The number of carbonyl (C=O) groups is 1. The van der Waals surface area contributed by atoms with Gasteiger partial charge in [-0.05, 0) is 96.3 Å². The van der Waals surface area contributed by atoms with Gasteiger partial charge in [-0.3, -0.25) is 4.79 Å². The lowest BCUT2D eigenvalue weighted by molar-refractivity contribution is -0.302. The highest BCUT2D eigenvalue weighted by Crippen LogP contribution is 2.23. The Kier molecular flexibility index (Phi) is 62.4. The molecule has 1 saturated heterocycles. The molecule has 1 fully saturated rings. The average molecular weight is 1230 g/mol. The van der Waals surface area contributed by atoms with E-state index < -0.39 is 49.5 Å². The molecule has 1 rings (SSSR count). The first-order chi connectivity index (χ1) is 43.3. The van der Waals surface area contributed by atoms with E-state index in [1.54, 1.807) is 6.08 Å². The van der Waals surface area contributed by atoms with Crippen LogP contribution in [0.5, 0.6) is 0 Å². The molecule has 88 heavy (non-hydrogen) atoms. The molecular formula is C79H137NO8. The van der Waals surface area contributed by atoms with Crippen LogP contribution in [0.3, 0.4) is 0 Å². The smallest absolute Gasteiger partial charge is 0.220 e. The number of aliphatic hydroxyl groups excluding tert-OH is 5. The zero-order valence-corrected chi connectivity index (χ0v) is 56.7. The molecule has 0 bridgehead atoms. The van der Waals surface area contributed by atoms with Crippen molar-refractivity contribution in [3.8, 4) is 0 Å². The van der Waals surface area contributed by atoms with E-state index in [2.05, 4.69) is 129 Å². The Balaban J connectivity index is 2.13. The Bertz CT molecular complexity index is 1810. The maximum absolute atomic E-state index is 13.1. The SMILES string of the molecule is CC/C=C\C/C=C\C/C=C\C/C=C\C/C=C\C/C=C\C/C=C\C/C=C\CCCCCCCCCCCCCCCCC(=O)NC(COC1OC(CO)C(O)C(O)C1O)C(O)/C=C/CC/C=C/CCCCCCCCCCCCCCCCCCCCCC. The van der Waals surface area contributed by atoms with Crippen molar-refractivity contribution in [3.05, 3.63) is 122 Å². The standard InChI is InChI=1S/C79H137NO8/c1-3-5-7-9-11-13-15-17-19-21-23-25-27-29-31-32-33-34-35-36-37-38-39-40-41-42-43-45-47-49-51-53-55-57-59-61-63-65-67-69-75(83)80-72(71-87-79-78(86)77(85)76(84)74(70-81)88-79)73(82)68-66-64-62-60-58-56-54-52-50-48-46-44-30-28-26-24-22-20-18-16-14-12-10-8-6-4-2/h5,7,11,13,17,19,23,25,29,31,33-34,36-37,39-40,58,60,66,68,72-74,76-79,81-82,84-86H,3-4,6,8-10,12,14-16,18,20-22,24,26-28,30,32,35,38,41-57,59,61-65,67,69-71H2,1-2H3,(H,80,83)/b7-5-,13-11-,19-17-,25-23-,31-29-,34-33-,37-36-,40-39-,60-58+,68-66+. The highest BCUT2D eigenvalue weighted by Gasteiger charge is 2.44. The van der Waals surface area contributed by atoms with Crippen LogP contribution in [0.25, 0.3) is 0 Å². The maximum atomic E-state index is 13.1. The van der Waals surface area contributed by atoms with E-state index in [1.165, 1.54) is 205 Å². The van der Waals surface area contributed by atoms with E-state index in [0.717, 1.165) is 89.9 Å². The summed E-state index contributed by atoms with van der Waals surface area (Å²) in [6.45, 7) is 3.68. The number of amides is 1. The van der Waals surface area contributed by atoms with Crippen molar-refractivity contribution in [1.29, 1.82) is 0 Å². The van der Waals surface area contributed by atoms with E-state index in [1.807, 2.05) is 6.08 Å². The average Bonchev–Trinajstić information content (AvgIpc) is 3.65. The van der Waals surface area contributed by atoms with E-state index in [-0.39, 0.29) is 12.5 Å². The molecule has 0 aromatic carbocycles. The number of allylic oxidation sites excluding steroid dienone is 19. The Labute approximate surface area is 541 Å². The van der Waals surface area contributed by atoms with Gasteiger partial charge in [-0.1, -0.05) is 334 Å². The number of ether oxygens (including phenoxy) is 2. The largest absolute Gasteiger partial charge is 0.394 e. The van der Waals surface area contributed by atoms with Gasteiger partial charge in [0.15, 0.2) is 6.29 Å². The Morgan fingerprint density at radius 2 is 0.716 bits per heavy atom. The number of nitrogens with one attached hydrogen (secondary N) is 1. The monoisotopic (exact) mass is 1230 g/mol. The maximum Gasteiger partial charge on any atom is 0.220 e. The first kappa shape index (κ1) is 82.6. The molecule has 0 radical (unpaired) electrons. The van der Waals surface area contributed by atoms with Crippen molar-refractivity contribution < 1.29 is 39.8 Å². The minimum atomic E-state index is -1.58. The lowest BCUT2D eigenvalue weighted by Gasteiger charge is -2.40. The van der Waals surface area contributed by atoms with E-state index in [0.29, 0.717) is 6.42 Å². The first-order valence-electron chi connectivity index (χ1n) is 36.8. The van der Waals surface area contributed by atoms with Crippen LogP contribution in [-0.2, 0) is 14.3 Å². The molecule has 7 atom stereocenters. The summed E-state index contributed by atoms with van der Waals surface area (Å²) < 4.78 is 11.3. The highest BCUT2D eigenvalue weighted by atomic mass is 16.7. The van der Waals surface area contributed by atoms with Crippen molar-refractivity contribution in [1.82, 2.24) is 5.32 Å². The number of carbonyl (C=O) groups excluding carboxylic acids is 1. The molecule has 1 aliphatic rings.